The maximum Gasteiger partial charge on any atom is 0.326 e. The highest BCUT2D eigenvalue weighted by Gasteiger charge is 2.15. The van der Waals surface area contributed by atoms with E-state index in [0.717, 1.165) is 5.56 Å². The van der Waals surface area contributed by atoms with Crippen molar-refractivity contribution in [2.24, 2.45) is 0 Å². The molecule has 0 saturated carbocycles. The molecule has 0 spiro atoms. The fourth-order valence-electron chi connectivity index (χ4n) is 1.63. The van der Waals surface area contributed by atoms with E-state index in [2.05, 4.69) is 16.8 Å². The molecule has 0 aliphatic heterocycles. The van der Waals surface area contributed by atoms with E-state index in [-0.39, 0.29) is 16.9 Å². The summed E-state index contributed by atoms with van der Waals surface area (Å²) in [4.78, 5) is 15.6. The molecule has 0 unspecified atom stereocenters. The number of hydrogen-bond donors (Lipinski definition) is 0. The fourth-order valence-corrected chi connectivity index (χ4v) is 1.99. The van der Waals surface area contributed by atoms with Gasteiger partial charge in [0.05, 0.1) is 6.61 Å². The number of carbonyl (C=O) groups excluding carboxylic acids is 1. The Hall–Kier alpha value is -1.96. The highest BCUT2D eigenvalue weighted by Crippen LogP contribution is 2.22. The molecule has 0 radical (unpaired) electrons. The van der Waals surface area contributed by atoms with Gasteiger partial charge < -0.3 is 4.74 Å². The third kappa shape index (κ3) is 4.01. The lowest BCUT2D eigenvalue weighted by Crippen LogP contribution is -2.14. The average Bonchev–Trinajstić information content (AvgIpc) is 2.74. The van der Waals surface area contributed by atoms with Gasteiger partial charge in [-0.15, -0.1) is 0 Å². The smallest absolute Gasteiger partial charge is 0.326 e. The van der Waals surface area contributed by atoms with Crippen molar-refractivity contribution in [2.75, 3.05) is 6.61 Å². The largest absolute Gasteiger partial charge is 0.465 e. The normalized spacial score (nSPS) is 9.86. The molecular formula is C15H12Cl2N2O2. The van der Waals surface area contributed by atoms with Gasteiger partial charge in [-0.3, -0.25) is 9.36 Å². The van der Waals surface area contributed by atoms with E-state index in [9.17, 15) is 4.79 Å². The molecule has 6 heteroatoms. The first-order chi connectivity index (χ1) is 10.1. The number of rotatable bonds is 3. The maximum absolute atomic E-state index is 11.6. The monoisotopic (exact) mass is 322 g/mol. The summed E-state index contributed by atoms with van der Waals surface area (Å²) in [5.74, 6) is 5.71. The first kappa shape index (κ1) is 15.4. The molecule has 0 saturated heterocycles. The van der Waals surface area contributed by atoms with Gasteiger partial charge in [0.2, 0.25) is 0 Å². The number of esters is 1. The Labute approximate surface area is 132 Å². The van der Waals surface area contributed by atoms with Crippen LogP contribution in [0.4, 0.5) is 0 Å². The number of imidazole rings is 1. The van der Waals surface area contributed by atoms with E-state index in [1.165, 1.54) is 4.57 Å². The summed E-state index contributed by atoms with van der Waals surface area (Å²) in [7, 11) is 0. The molecule has 1 aromatic heterocycles. The molecule has 0 atom stereocenters. The number of aromatic nitrogens is 2. The number of ether oxygens (including phenoxy) is 1. The maximum atomic E-state index is 11.6. The molecule has 108 valence electrons. The van der Waals surface area contributed by atoms with Crippen LogP contribution in [-0.2, 0) is 16.1 Å². The van der Waals surface area contributed by atoms with Gasteiger partial charge in [-0.2, -0.15) is 0 Å². The minimum atomic E-state index is -0.420. The summed E-state index contributed by atoms with van der Waals surface area (Å²) < 4.78 is 6.32. The molecule has 0 bridgehead atoms. The zero-order valence-electron chi connectivity index (χ0n) is 11.3. The molecule has 2 rings (SSSR count). The second kappa shape index (κ2) is 7.16. The Kier molecular flexibility index (Phi) is 5.26. The van der Waals surface area contributed by atoms with Gasteiger partial charge >= 0.3 is 5.97 Å². The average molecular weight is 323 g/mol. The number of carbonyl (C=O) groups is 1. The van der Waals surface area contributed by atoms with Crippen LogP contribution < -0.4 is 0 Å². The lowest BCUT2D eigenvalue weighted by Gasteiger charge is -2.05. The Morgan fingerprint density at radius 2 is 2.00 bits per heavy atom. The van der Waals surface area contributed by atoms with Crippen molar-refractivity contribution in [2.45, 2.75) is 13.5 Å². The van der Waals surface area contributed by atoms with Crippen LogP contribution in [0.5, 0.6) is 0 Å². The molecule has 1 heterocycles. The Morgan fingerprint density at radius 3 is 2.67 bits per heavy atom. The molecule has 1 aromatic carbocycles. The fraction of sp³-hybridized carbons (Fsp3) is 0.200. The summed E-state index contributed by atoms with van der Waals surface area (Å²) >= 11 is 11.9. The summed E-state index contributed by atoms with van der Waals surface area (Å²) in [5.41, 5.74) is 0.829. The summed E-state index contributed by atoms with van der Waals surface area (Å²) in [6.45, 7) is 1.95. The van der Waals surface area contributed by atoms with Crippen LogP contribution >= 0.6 is 23.2 Å². The van der Waals surface area contributed by atoms with E-state index >= 15 is 0 Å². The zero-order chi connectivity index (χ0) is 15.2. The number of halogens is 2. The second-order valence-corrected chi connectivity index (χ2v) is 4.74. The van der Waals surface area contributed by atoms with Crippen molar-refractivity contribution in [3.63, 3.8) is 0 Å². The van der Waals surface area contributed by atoms with Crippen molar-refractivity contribution in [1.82, 2.24) is 9.55 Å². The van der Waals surface area contributed by atoms with E-state index in [0.29, 0.717) is 12.4 Å². The number of nitrogens with zero attached hydrogens (tertiary/aromatic N) is 2. The SMILES string of the molecule is CCOC(=O)Cn1c(C#Cc2ccccc2)nc(Cl)c1Cl. The molecule has 0 aliphatic rings. The molecule has 0 N–H and O–H groups in total. The predicted octanol–water partition coefficient (Wildman–Crippen LogP) is 3.15. The van der Waals surface area contributed by atoms with E-state index in [1.807, 2.05) is 30.3 Å². The van der Waals surface area contributed by atoms with Gasteiger partial charge in [0.1, 0.15) is 11.7 Å². The van der Waals surface area contributed by atoms with Crippen LogP contribution in [0.25, 0.3) is 0 Å². The summed E-state index contributed by atoms with van der Waals surface area (Å²) in [6.07, 6.45) is 0. The minimum Gasteiger partial charge on any atom is -0.465 e. The van der Waals surface area contributed by atoms with Crippen LogP contribution in [0.15, 0.2) is 30.3 Å². The van der Waals surface area contributed by atoms with Crippen molar-refractivity contribution in [1.29, 1.82) is 0 Å². The summed E-state index contributed by atoms with van der Waals surface area (Å²) in [5, 5.41) is 0.278. The first-order valence-electron chi connectivity index (χ1n) is 6.26. The highest BCUT2D eigenvalue weighted by atomic mass is 35.5. The van der Waals surface area contributed by atoms with E-state index < -0.39 is 5.97 Å². The highest BCUT2D eigenvalue weighted by molar-refractivity contribution is 6.40. The molecule has 0 fully saturated rings. The first-order valence-corrected chi connectivity index (χ1v) is 7.01. The van der Waals surface area contributed by atoms with Crippen LogP contribution in [-0.4, -0.2) is 22.1 Å². The molecule has 21 heavy (non-hydrogen) atoms. The van der Waals surface area contributed by atoms with Gasteiger partial charge in [0.15, 0.2) is 11.0 Å². The van der Waals surface area contributed by atoms with Crippen molar-refractivity contribution in [3.05, 3.63) is 52.0 Å². The molecule has 2 aromatic rings. The lowest BCUT2D eigenvalue weighted by molar-refractivity contribution is -0.143. The van der Waals surface area contributed by atoms with Crippen LogP contribution in [0, 0.1) is 11.8 Å². The van der Waals surface area contributed by atoms with E-state index in [1.54, 1.807) is 6.92 Å². The van der Waals surface area contributed by atoms with Crippen molar-refractivity contribution < 1.29 is 9.53 Å². The van der Waals surface area contributed by atoms with Crippen LogP contribution in [0.1, 0.15) is 18.3 Å². The standard InChI is InChI=1S/C15H12Cl2N2O2/c1-2-21-13(20)10-19-12(18-14(16)15(19)17)9-8-11-6-4-3-5-7-11/h3-7H,2,10H2,1H3. The van der Waals surface area contributed by atoms with Crippen LogP contribution in [0.3, 0.4) is 0 Å². The van der Waals surface area contributed by atoms with Crippen molar-refractivity contribution >= 4 is 29.2 Å². The third-order valence-corrected chi connectivity index (χ3v) is 3.30. The predicted molar refractivity (Wildman–Crippen MR) is 81.3 cm³/mol. The number of benzene rings is 1. The Bertz CT molecular complexity index is 700. The Balaban J connectivity index is 2.30. The van der Waals surface area contributed by atoms with Crippen molar-refractivity contribution in [3.8, 4) is 11.8 Å². The molecule has 0 aliphatic carbocycles. The van der Waals surface area contributed by atoms with Gasteiger partial charge in [0.25, 0.3) is 0 Å². The Morgan fingerprint density at radius 1 is 1.29 bits per heavy atom. The third-order valence-electron chi connectivity index (χ3n) is 2.55. The van der Waals surface area contributed by atoms with Gasteiger partial charge in [0, 0.05) is 5.56 Å². The van der Waals surface area contributed by atoms with Gasteiger partial charge in [-0.25, -0.2) is 4.98 Å². The van der Waals surface area contributed by atoms with Crippen LogP contribution in [0.2, 0.25) is 10.3 Å². The number of hydrogen-bond acceptors (Lipinski definition) is 3. The lowest BCUT2D eigenvalue weighted by atomic mass is 10.2. The molecule has 4 nitrogen and oxygen atoms in total. The zero-order valence-corrected chi connectivity index (χ0v) is 12.8. The van der Waals surface area contributed by atoms with Gasteiger partial charge in [-0.1, -0.05) is 47.3 Å². The quantitative estimate of drug-likeness (QED) is 0.644. The summed E-state index contributed by atoms with van der Waals surface area (Å²) in [6, 6.07) is 9.41. The van der Waals surface area contributed by atoms with E-state index in [4.69, 9.17) is 27.9 Å². The van der Waals surface area contributed by atoms with Gasteiger partial charge in [-0.05, 0) is 25.0 Å². The topological polar surface area (TPSA) is 44.1 Å². The second-order valence-electron chi connectivity index (χ2n) is 4.02. The minimum absolute atomic E-state index is 0.0782. The molecule has 0 amide bonds. The molecular weight excluding hydrogens is 311 g/mol.